The van der Waals surface area contributed by atoms with Crippen molar-refractivity contribution in [2.24, 2.45) is 5.92 Å². The molecule has 6 heteroatoms. The van der Waals surface area contributed by atoms with Crippen molar-refractivity contribution >= 4 is 21.9 Å². The van der Waals surface area contributed by atoms with Crippen molar-refractivity contribution in [3.8, 4) is 0 Å². The van der Waals surface area contributed by atoms with Gasteiger partial charge in [0.15, 0.2) is 0 Å². The van der Waals surface area contributed by atoms with Gasteiger partial charge in [0.2, 0.25) is 0 Å². The number of hydrogen-bond donors (Lipinski definition) is 2. The van der Waals surface area contributed by atoms with E-state index in [1.807, 2.05) is 18.2 Å². The Morgan fingerprint density at radius 1 is 1.13 bits per heavy atom. The van der Waals surface area contributed by atoms with E-state index in [2.05, 4.69) is 39.0 Å². The molecule has 5 nitrogen and oxygen atoms in total. The number of rotatable bonds is 10. The minimum Gasteiger partial charge on any atom is -0.481 e. The zero-order chi connectivity index (χ0) is 21.3. The van der Waals surface area contributed by atoms with E-state index in [9.17, 15) is 9.90 Å². The fourth-order valence-corrected chi connectivity index (χ4v) is 5.12. The smallest absolute Gasteiger partial charge is 0.303 e. The van der Waals surface area contributed by atoms with E-state index in [0.29, 0.717) is 19.4 Å². The number of benzene rings is 1. The molecule has 1 saturated heterocycles. The van der Waals surface area contributed by atoms with Gasteiger partial charge in [-0.3, -0.25) is 9.69 Å². The molecule has 2 fully saturated rings. The van der Waals surface area contributed by atoms with Crippen molar-refractivity contribution in [1.82, 2.24) is 4.90 Å². The molecule has 1 heterocycles. The summed E-state index contributed by atoms with van der Waals surface area (Å²) < 4.78 is 7.39. The maximum Gasteiger partial charge on any atom is 0.303 e. The second-order valence-electron chi connectivity index (χ2n) is 8.51. The minimum absolute atomic E-state index is 0.0444. The van der Waals surface area contributed by atoms with E-state index in [1.54, 1.807) is 0 Å². The van der Waals surface area contributed by atoms with E-state index in [4.69, 9.17) is 9.84 Å². The van der Waals surface area contributed by atoms with Crippen molar-refractivity contribution in [2.75, 3.05) is 13.1 Å². The van der Waals surface area contributed by atoms with Gasteiger partial charge in [-0.1, -0.05) is 46.6 Å². The molecule has 1 aliphatic carbocycles. The van der Waals surface area contributed by atoms with Crippen molar-refractivity contribution in [1.29, 1.82) is 0 Å². The van der Waals surface area contributed by atoms with Crippen LogP contribution < -0.4 is 0 Å². The highest BCUT2D eigenvalue weighted by Crippen LogP contribution is 2.37. The molecule has 0 bridgehead atoms. The summed E-state index contributed by atoms with van der Waals surface area (Å²) in [6.07, 6.45) is 10.7. The first-order chi connectivity index (χ1) is 14.5. The number of carboxylic acids is 1. The normalized spacial score (nSPS) is 27.7. The topological polar surface area (TPSA) is 70.0 Å². The Labute approximate surface area is 188 Å². The van der Waals surface area contributed by atoms with Gasteiger partial charge in [0.25, 0.3) is 0 Å². The summed E-state index contributed by atoms with van der Waals surface area (Å²) in [5.41, 5.74) is 1.14. The summed E-state index contributed by atoms with van der Waals surface area (Å²) in [7, 11) is 0. The summed E-state index contributed by atoms with van der Waals surface area (Å²) in [6, 6.07) is 8.35. The Kier molecular flexibility index (Phi) is 9.37. The molecule has 2 aliphatic rings. The zero-order valence-corrected chi connectivity index (χ0v) is 19.2. The highest BCUT2D eigenvalue weighted by atomic mass is 79.9. The summed E-state index contributed by atoms with van der Waals surface area (Å²) >= 11 is 3.47. The van der Waals surface area contributed by atoms with Crippen LogP contribution in [0.15, 0.2) is 40.9 Å². The fourth-order valence-electron chi connectivity index (χ4n) is 4.85. The molecule has 0 aromatic heterocycles. The number of aliphatic hydroxyl groups excluding tert-OH is 1. The van der Waals surface area contributed by atoms with Crippen LogP contribution >= 0.6 is 15.9 Å². The van der Waals surface area contributed by atoms with Crippen LogP contribution in [0.2, 0.25) is 0 Å². The Morgan fingerprint density at radius 3 is 2.53 bits per heavy atom. The predicted octanol–water partition coefficient (Wildman–Crippen LogP) is 4.77. The van der Waals surface area contributed by atoms with Gasteiger partial charge in [-0.15, -0.1) is 0 Å². The third kappa shape index (κ3) is 6.91. The second-order valence-corrected chi connectivity index (χ2v) is 9.43. The predicted molar refractivity (Wildman–Crippen MR) is 121 cm³/mol. The van der Waals surface area contributed by atoms with Crippen LogP contribution in [0.25, 0.3) is 0 Å². The Morgan fingerprint density at radius 2 is 1.83 bits per heavy atom. The van der Waals surface area contributed by atoms with E-state index >= 15 is 0 Å². The number of aliphatic hydroxyl groups is 1. The first-order valence-electron chi connectivity index (χ1n) is 11.2. The van der Waals surface area contributed by atoms with Gasteiger partial charge in [0.1, 0.15) is 0 Å². The van der Waals surface area contributed by atoms with Crippen LogP contribution in [-0.2, 0) is 16.1 Å². The van der Waals surface area contributed by atoms with Gasteiger partial charge < -0.3 is 14.9 Å². The number of hydrogen-bond acceptors (Lipinski definition) is 4. The van der Waals surface area contributed by atoms with E-state index in [-0.39, 0.29) is 30.6 Å². The highest BCUT2D eigenvalue weighted by Gasteiger charge is 2.45. The minimum atomic E-state index is -0.759. The number of ether oxygens (including phenoxy) is 1. The number of likely N-dealkylation sites (tertiary alicyclic amines) is 1. The third-order valence-electron chi connectivity index (χ3n) is 6.33. The van der Waals surface area contributed by atoms with Gasteiger partial charge in [-0.2, -0.15) is 0 Å². The Hall–Kier alpha value is -1.21. The van der Waals surface area contributed by atoms with E-state index in [1.165, 1.54) is 19.3 Å². The monoisotopic (exact) mass is 479 g/mol. The third-order valence-corrected chi connectivity index (χ3v) is 6.86. The molecular weight excluding hydrogens is 446 g/mol. The van der Waals surface area contributed by atoms with Crippen molar-refractivity contribution in [3.05, 3.63) is 46.5 Å². The largest absolute Gasteiger partial charge is 0.481 e. The first kappa shape index (κ1) is 23.5. The number of carboxylic acid groups (broad SMARTS) is 1. The van der Waals surface area contributed by atoms with Gasteiger partial charge >= 0.3 is 5.97 Å². The molecular formula is C24H34BrNO4. The van der Waals surface area contributed by atoms with Crippen LogP contribution in [0, 0.1) is 5.92 Å². The number of halogens is 1. The van der Waals surface area contributed by atoms with Gasteiger partial charge in [-0.25, -0.2) is 0 Å². The molecule has 0 unspecified atom stereocenters. The lowest BCUT2D eigenvalue weighted by Crippen LogP contribution is -2.47. The summed E-state index contributed by atoms with van der Waals surface area (Å²) in [4.78, 5) is 13.1. The average molecular weight is 480 g/mol. The molecule has 0 radical (unpaired) electrons. The summed E-state index contributed by atoms with van der Waals surface area (Å²) in [5.74, 6) is -0.470. The lowest BCUT2D eigenvalue weighted by atomic mass is 9.92. The second kappa shape index (κ2) is 12.0. The quantitative estimate of drug-likeness (QED) is 0.472. The number of allylic oxidation sites excluding steroid dienone is 2. The number of carbonyl (C=O) groups is 1. The van der Waals surface area contributed by atoms with Crippen LogP contribution in [-0.4, -0.2) is 52.4 Å². The number of nitrogens with zero attached hydrogens (tertiary/aromatic N) is 1. The maximum atomic E-state index is 10.9. The van der Waals surface area contributed by atoms with E-state index in [0.717, 1.165) is 36.0 Å². The van der Waals surface area contributed by atoms with Crippen molar-refractivity contribution < 1.29 is 19.7 Å². The molecule has 1 saturated carbocycles. The van der Waals surface area contributed by atoms with Gasteiger partial charge in [-0.05, 0) is 62.9 Å². The molecule has 1 aromatic rings. The summed E-state index contributed by atoms with van der Waals surface area (Å²) in [6.45, 7) is 2.68. The Bertz CT molecular complexity index is 687. The molecule has 1 aromatic carbocycles. The van der Waals surface area contributed by atoms with Crippen LogP contribution in [0.5, 0.6) is 0 Å². The highest BCUT2D eigenvalue weighted by molar-refractivity contribution is 9.10. The number of aliphatic carboxylic acids is 1. The molecule has 166 valence electrons. The van der Waals surface area contributed by atoms with Crippen molar-refractivity contribution in [2.45, 2.75) is 76.2 Å². The standard InChI is InChI=1S/C24H34BrNO4/c25-19-12-10-18(11-13-19)17-30-22-16-21(27)24(26-14-6-3-7-15-26)20(22)8-4-1-2-5-9-23(28)29/h1-2,10-13,20-22,24,27H,3-9,14-17H2,(H,28,29)/t20-,21-,22-,24+/m0/s1. The molecule has 30 heavy (non-hydrogen) atoms. The molecule has 1 aliphatic heterocycles. The molecule has 0 spiro atoms. The Balaban J connectivity index is 1.61. The molecule has 3 rings (SSSR count). The maximum absolute atomic E-state index is 10.9. The SMILES string of the molecule is O=C(O)CCC=CCC[C@@H]1[C@@H](N2CCCCC2)[C@@H](O)C[C@@H]1OCc1ccc(Br)cc1. The first-order valence-corrected chi connectivity index (χ1v) is 12.0. The molecule has 2 N–H and O–H groups in total. The van der Waals surface area contributed by atoms with Gasteiger partial charge in [0.05, 0.1) is 18.8 Å². The number of piperidine rings is 1. The molecule has 4 atom stereocenters. The fraction of sp³-hybridized carbons (Fsp3) is 0.625. The summed E-state index contributed by atoms with van der Waals surface area (Å²) in [5, 5.41) is 19.7. The van der Waals surface area contributed by atoms with Crippen LogP contribution in [0.4, 0.5) is 0 Å². The lowest BCUT2D eigenvalue weighted by Gasteiger charge is -2.38. The van der Waals surface area contributed by atoms with Crippen LogP contribution in [0.3, 0.4) is 0 Å². The van der Waals surface area contributed by atoms with Gasteiger partial charge in [0, 0.05) is 29.3 Å². The van der Waals surface area contributed by atoms with Crippen molar-refractivity contribution in [3.63, 3.8) is 0 Å². The zero-order valence-electron chi connectivity index (χ0n) is 17.6. The van der Waals surface area contributed by atoms with Crippen LogP contribution in [0.1, 0.15) is 56.9 Å². The molecule has 0 amide bonds. The van der Waals surface area contributed by atoms with E-state index < -0.39 is 5.97 Å². The lowest BCUT2D eigenvalue weighted by molar-refractivity contribution is -0.136. The average Bonchev–Trinajstić information content (AvgIpc) is 3.05.